The van der Waals surface area contributed by atoms with E-state index >= 15 is 0 Å². The number of hydrogen-bond donors (Lipinski definition) is 0. The van der Waals surface area contributed by atoms with E-state index in [1.54, 1.807) is 0 Å². The maximum atomic E-state index is 13.7. The Kier molecular flexibility index (Phi) is 8.06. The highest BCUT2D eigenvalue weighted by Crippen LogP contribution is 2.59. The molecule has 0 saturated heterocycles. The second-order valence-electron chi connectivity index (χ2n) is 5.46. The van der Waals surface area contributed by atoms with Crippen LogP contribution in [-0.4, -0.2) is 8.42 Å². The van der Waals surface area contributed by atoms with Crippen molar-refractivity contribution in [2.24, 2.45) is 0 Å². The monoisotopic (exact) mass is 934 g/mol. The second-order valence-corrected chi connectivity index (χ2v) is 23.0. The van der Waals surface area contributed by atoms with E-state index in [0.717, 1.165) is 31.2 Å². The third-order valence-corrected chi connectivity index (χ3v) is 15.7. The number of aryl methyl sites for hydroxylation is 2. The molecule has 0 N–H and O–H groups in total. The van der Waals surface area contributed by atoms with Crippen LogP contribution in [0.2, 0.25) is 0 Å². The lowest BCUT2D eigenvalue weighted by Crippen LogP contribution is -2.35. The molecule has 0 spiro atoms. The molecule has 9 heteroatoms. The third kappa shape index (κ3) is 4.56. The number of alkyl halides is 4. The molecule has 0 bridgehead atoms. The van der Waals surface area contributed by atoms with Crippen LogP contribution in [0.1, 0.15) is 22.3 Å². The van der Waals surface area contributed by atoms with Gasteiger partial charge in [-0.15, -0.1) is 0 Å². The normalized spacial score (nSPS) is 13.1. The van der Waals surface area contributed by atoms with E-state index in [1.165, 1.54) is 0 Å². The van der Waals surface area contributed by atoms with Crippen LogP contribution in [0.15, 0.2) is 45.3 Å². The minimum atomic E-state index is -3.60. The lowest BCUT2D eigenvalue weighted by Gasteiger charge is -2.32. The standard InChI is InChI=1S/C16H12Br2I4O2S/c1-9-7-11(17)3-5-13(9)15(19,20)25(23,24)16(21,22)14-6-4-12(18)8-10(14)2/h3-8H,1-2H3. The lowest BCUT2D eigenvalue weighted by atomic mass is 10.1. The first kappa shape index (κ1) is 23.5. The Morgan fingerprint density at radius 3 is 1.36 bits per heavy atom. The summed E-state index contributed by atoms with van der Waals surface area (Å²) in [5.41, 5.74) is 3.48. The van der Waals surface area contributed by atoms with Gasteiger partial charge < -0.3 is 0 Å². The van der Waals surface area contributed by atoms with E-state index in [2.05, 4.69) is 122 Å². The van der Waals surface area contributed by atoms with Gasteiger partial charge in [-0.05, 0) is 151 Å². The summed E-state index contributed by atoms with van der Waals surface area (Å²) >= 11 is 15.1. The molecule has 2 aromatic carbocycles. The molecule has 0 aliphatic rings. The molecule has 0 aromatic heterocycles. The SMILES string of the molecule is Cc1cc(Br)ccc1C(I)(I)S(=O)(=O)C(I)(I)c1ccc(Br)cc1C. The van der Waals surface area contributed by atoms with Gasteiger partial charge in [0.25, 0.3) is 0 Å². The van der Waals surface area contributed by atoms with Gasteiger partial charge >= 0.3 is 0 Å². The summed E-state index contributed by atoms with van der Waals surface area (Å²) in [4.78, 5) is 0. The Morgan fingerprint density at radius 1 is 0.760 bits per heavy atom. The van der Waals surface area contributed by atoms with Crippen molar-refractivity contribution in [2.45, 2.75) is 15.4 Å². The van der Waals surface area contributed by atoms with Gasteiger partial charge in [-0.25, -0.2) is 8.42 Å². The third-order valence-electron chi connectivity index (χ3n) is 3.68. The van der Waals surface area contributed by atoms with E-state index in [-0.39, 0.29) is 0 Å². The first-order chi connectivity index (χ1) is 11.3. The minimum Gasteiger partial charge on any atom is -0.224 e. The molecule has 2 aromatic rings. The zero-order chi connectivity index (χ0) is 19.2. The highest BCUT2D eigenvalue weighted by atomic mass is 127. The van der Waals surface area contributed by atoms with Crippen molar-refractivity contribution in [1.82, 2.24) is 0 Å². The second kappa shape index (κ2) is 8.56. The summed E-state index contributed by atoms with van der Waals surface area (Å²) in [7, 11) is -3.60. The fourth-order valence-corrected chi connectivity index (χ4v) is 16.1. The smallest absolute Gasteiger partial charge is 0.207 e. The molecule has 2 nitrogen and oxygen atoms in total. The van der Waals surface area contributed by atoms with Crippen LogP contribution in [0.5, 0.6) is 0 Å². The number of benzene rings is 2. The first-order valence-electron chi connectivity index (χ1n) is 6.85. The molecule has 0 heterocycles. The molecule has 0 atom stereocenters. The van der Waals surface area contributed by atoms with Gasteiger partial charge in [-0.2, -0.15) is 0 Å². The highest BCUT2D eigenvalue weighted by Gasteiger charge is 2.54. The molecule has 0 aliphatic carbocycles. The van der Waals surface area contributed by atoms with Crippen molar-refractivity contribution in [2.75, 3.05) is 0 Å². The summed E-state index contributed by atoms with van der Waals surface area (Å²) in [5, 5.41) is 0. The Hall–Kier alpha value is 2.27. The largest absolute Gasteiger partial charge is 0.224 e. The number of hydrogen-bond acceptors (Lipinski definition) is 2. The van der Waals surface area contributed by atoms with Gasteiger partial charge in [0.2, 0.25) is 11.4 Å². The van der Waals surface area contributed by atoms with E-state index < -0.39 is 11.4 Å². The van der Waals surface area contributed by atoms with Gasteiger partial charge in [-0.1, -0.05) is 44.0 Å². The van der Waals surface area contributed by atoms with Crippen molar-refractivity contribution in [3.05, 3.63) is 67.6 Å². The van der Waals surface area contributed by atoms with Crippen molar-refractivity contribution in [3.8, 4) is 0 Å². The zero-order valence-corrected chi connectivity index (χ0v) is 25.6. The maximum Gasteiger partial charge on any atom is 0.207 e. The Balaban J connectivity index is 2.66. The fraction of sp³-hybridized carbons (Fsp3) is 0.250. The van der Waals surface area contributed by atoms with Crippen LogP contribution in [0, 0.1) is 13.8 Å². The Labute approximate surface area is 219 Å². The quantitative estimate of drug-likeness (QED) is 0.231. The molecule has 0 radical (unpaired) electrons. The van der Waals surface area contributed by atoms with Crippen LogP contribution < -0.4 is 0 Å². The van der Waals surface area contributed by atoms with Gasteiger partial charge in [0.15, 0.2) is 0 Å². The average Bonchev–Trinajstić information content (AvgIpc) is 2.45. The van der Waals surface area contributed by atoms with Crippen LogP contribution in [0.3, 0.4) is 0 Å². The predicted molar refractivity (Wildman–Crippen MR) is 146 cm³/mol. The van der Waals surface area contributed by atoms with Crippen molar-refractivity contribution < 1.29 is 8.42 Å². The van der Waals surface area contributed by atoms with E-state index in [1.807, 2.05) is 50.2 Å². The molecule has 25 heavy (non-hydrogen) atoms. The molecular formula is C16H12Br2I4O2S. The van der Waals surface area contributed by atoms with Crippen LogP contribution in [-0.2, 0) is 11.4 Å². The van der Waals surface area contributed by atoms with Gasteiger partial charge in [-0.3, -0.25) is 0 Å². The summed E-state index contributed by atoms with van der Waals surface area (Å²) in [6, 6.07) is 11.4. The van der Waals surface area contributed by atoms with E-state index in [4.69, 9.17) is 0 Å². The molecule has 0 unspecified atom stereocenters. The maximum absolute atomic E-state index is 13.7. The van der Waals surface area contributed by atoms with Crippen molar-refractivity contribution in [3.63, 3.8) is 0 Å². The number of rotatable bonds is 4. The van der Waals surface area contributed by atoms with E-state index in [0.29, 0.717) is 0 Å². The summed E-state index contributed by atoms with van der Waals surface area (Å²) < 4.78 is 27.1. The molecule has 0 saturated carbocycles. The molecule has 0 aliphatic heterocycles. The first-order valence-corrected chi connectivity index (χ1v) is 14.2. The number of halogens is 6. The minimum absolute atomic E-state index is 0.796. The van der Waals surface area contributed by atoms with Crippen LogP contribution >= 0.6 is 122 Å². The molecule has 0 fully saturated rings. The van der Waals surface area contributed by atoms with Crippen molar-refractivity contribution >= 4 is 132 Å². The fourth-order valence-electron chi connectivity index (χ4n) is 2.36. The average molecular weight is 936 g/mol. The molecule has 0 amide bonds. The molecular weight excluding hydrogens is 924 g/mol. The molecule has 2 rings (SSSR count). The topological polar surface area (TPSA) is 34.1 Å². The lowest BCUT2D eigenvalue weighted by molar-refractivity contribution is 0.592. The summed E-state index contributed by atoms with van der Waals surface area (Å²) in [6.45, 7) is 3.88. The highest BCUT2D eigenvalue weighted by molar-refractivity contribution is 14.2. The van der Waals surface area contributed by atoms with Crippen molar-refractivity contribution in [1.29, 1.82) is 0 Å². The predicted octanol–water partition coefficient (Wildman–Crippen LogP) is 7.90. The zero-order valence-electron chi connectivity index (χ0n) is 13.0. The molecule has 136 valence electrons. The Bertz CT molecular complexity index is 858. The summed E-state index contributed by atoms with van der Waals surface area (Å²) in [6.07, 6.45) is 0. The van der Waals surface area contributed by atoms with E-state index in [9.17, 15) is 8.42 Å². The summed E-state index contributed by atoms with van der Waals surface area (Å²) in [5.74, 6) is 0. The Morgan fingerprint density at radius 2 is 1.08 bits per heavy atom. The number of sulfone groups is 1. The van der Waals surface area contributed by atoms with Gasteiger partial charge in [0.05, 0.1) is 0 Å². The van der Waals surface area contributed by atoms with Crippen LogP contribution in [0.4, 0.5) is 0 Å². The van der Waals surface area contributed by atoms with Crippen LogP contribution in [0.25, 0.3) is 0 Å². The van der Waals surface area contributed by atoms with Gasteiger partial charge in [0, 0.05) is 8.95 Å². The van der Waals surface area contributed by atoms with Gasteiger partial charge in [0.1, 0.15) is 0 Å².